The molecule has 8 heteroatoms. The number of sulfonamides is 1. The third-order valence-electron chi connectivity index (χ3n) is 2.82. The summed E-state index contributed by atoms with van der Waals surface area (Å²) in [5.74, 6) is 0. The van der Waals surface area contributed by atoms with E-state index in [0.717, 1.165) is 0 Å². The van der Waals surface area contributed by atoms with Gasteiger partial charge in [-0.25, -0.2) is 13.1 Å². The summed E-state index contributed by atoms with van der Waals surface area (Å²) in [6, 6.07) is 2.65. The first-order valence-electron chi connectivity index (χ1n) is 5.99. The Morgan fingerprint density at radius 2 is 2.15 bits per heavy atom. The van der Waals surface area contributed by atoms with Crippen LogP contribution in [-0.2, 0) is 14.8 Å². The molecule has 1 unspecified atom stereocenters. The maximum absolute atomic E-state index is 12.4. The number of aliphatic hydroxyl groups excluding tert-OH is 1. The third-order valence-corrected chi connectivity index (χ3v) is 4.93. The maximum atomic E-state index is 12.4. The van der Waals surface area contributed by atoms with Gasteiger partial charge in [0.15, 0.2) is 0 Å². The van der Waals surface area contributed by atoms with Crippen LogP contribution < -0.4 is 10.5 Å². The largest absolute Gasteiger partial charge is 0.398 e. The van der Waals surface area contributed by atoms with Crippen molar-refractivity contribution >= 4 is 31.6 Å². The molecule has 4 N–H and O–H groups in total. The second-order valence-electron chi connectivity index (χ2n) is 4.40. The highest BCUT2D eigenvalue weighted by atomic mass is 79.9. The van der Waals surface area contributed by atoms with Gasteiger partial charge in [-0.15, -0.1) is 0 Å². The highest BCUT2D eigenvalue weighted by molar-refractivity contribution is 9.10. The van der Waals surface area contributed by atoms with Crippen LogP contribution in [0.25, 0.3) is 0 Å². The van der Waals surface area contributed by atoms with Gasteiger partial charge in [0, 0.05) is 29.9 Å². The van der Waals surface area contributed by atoms with E-state index in [2.05, 4.69) is 20.7 Å². The number of ether oxygens (including phenoxy) is 1. The van der Waals surface area contributed by atoms with Gasteiger partial charge >= 0.3 is 0 Å². The summed E-state index contributed by atoms with van der Waals surface area (Å²) in [7, 11) is -2.26. The Balaban J connectivity index is 3.10. The minimum atomic E-state index is -3.73. The fourth-order valence-corrected chi connectivity index (χ4v) is 3.95. The Morgan fingerprint density at radius 3 is 2.70 bits per heavy atom. The molecule has 0 aliphatic rings. The molecule has 0 heterocycles. The van der Waals surface area contributed by atoms with Gasteiger partial charge in [0.05, 0.1) is 11.5 Å². The number of hydrogen-bond donors (Lipinski definition) is 3. The van der Waals surface area contributed by atoms with Crippen molar-refractivity contribution in [3.8, 4) is 0 Å². The Kier molecular flexibility index (Phi) is 6.41. The first-order chi connectivity index (χ1) is 9.31. The Bertz CT molecular complexity index is 557. The number of halogens is 1. The van der Waals surface area contributed by atoms with E-state index in [-0.39, 0.29) is 24.5 Å². The molecule has 114 valence electrons. The zero-order valence-electron chi connectivity index (χ0n) is 11.4. The second-order valence-corrected chi connectivity index (χ2v) is 7.00. The Morgan fingerprint density at radius 1 is 1.50 bits per heavy atom. The zero-order chi connectivity index (χ0) is 15.3. The molecule has 0 aliphatic carbocycles. The van der Waals surface area contributed by atoms with Gasteiger partial charge in [-0.1, -0.05) is 15.9 Å². The minimum Gasteiger partial charge on any atom is -0.398 e. The van der Waals surface area contributed by atoms with Crippen molar-refractivity contribution in [3.63, 3.8) is 0 Å². The lowest BCUT2D eigenvalue weighted by Gasteiger charge is -2.18. The highest BCUT2D eigenvalue weighted by Crippen LogP contribution is 2.26. The molecule has 1 rings (SSSR count). The van der Waals surface area contributed by atoms with Crippen LogP contribution in [0.2, 0.25) is 0 Å². The SMILES string of the molecule is COCC(CCO)NS(=O)(=O)c1cc(Br)cc(N)c1C. The van der Waals surface area contributed by atoms with E-state index < -0.39 is 16.1 Å². The average Bonchev–Trinajstić information content (AvgIpc) is 2.33. The zero-order valence-corrected chi connectivity index (χ0v) is 13.8. The smallest absolute Gasteiger partial charge is 0.241 e. The predicted octanol–water partition coefficient (Wildman–Crippen LogP) is 1.02. The molecule has 0 aliphatic heterocycles. The molecule has 0 amide bonds. The van der Waals surface area contributed by atoms with E-state index in [1.54, 1.807) is 13.0 Å². The molecule has 0 bridgehead atoms. The van der Waals surface area contributed by atoms with Crippen LogP contribution in [-0.4, -0.2) is 39.9 Å². The summed E-state index contributed by atoms with van der Waals surface area (Å²) >= 11 is 3.23. The minimum absolute atomic E-state index is 0.114. The first kappa shape index (κ1) is 17.4. The van der Waals surface area contributed by atoms with Gasteiger partial charge in [0.25, 0.3) is 0 Å². The van der Waals surface area contributed by atoms with Crippen LogP contribution in [0.15, 0.2) is 21.5 Å². The number of aliphatic hydroxyl groups is 1. The molecular formula is C12H19BrN2O4S. The van der Waals surface area contributed by atoms with Crippen molar-refractivity contribution in [1.29, 1.82) is 0 Å². The van der Waals surface area contributed by atoms with Crippen molar-refractivity contribution in [2.24, 2.45) is 0 Å². The number of methoxy groups -OCH3 is 1. The topological polar surface area (TPSA) is 102 Å². The van der Waals surface area contributed by atoms with Crippen LogP contribution in [0.4, 0.5) is 5.69 Å². The molecule has 0 spiro atoms. The summed E-state index contributed by atoms with van der Waals surface area (Å²) in [5, 5.41) is 8.96. The van der Waals surface area contributed by atoms with Crippen LogP contribution in [0, 0.1) is 6.92 Å². The number of hydrogen-bond acceptors (Lipinski definition) is 5. The van der Waals surface area contributed by atoms with Crippen LogP contribution in [0.5, 0.6) is 0 Å². The van der Waals surface area contributed by atoms with E-state index in [0.29, 0.717) is 15.7 Å². The Hall–Kier alpha value is -0.670. The quantitative estimate of drug-likeness (QED) is 0.625. The standard InChI is InChI=1S/C12H19BrN2O4S/c1-8-11(14)5-9(13)6-12(8)20(17,18)15-10(3-4-16)7-19-2/h5-6,10,15-16H,3-4,7,14H2,1-2H3. The van der Waals surface area contributed by atoms with Crippen molar-refractivity contribution in [3.05, 3.63) is 22.2 Å². The highest BCUT2D eigenvalue weighted by Gasteiger charge is 2.23. The lowest BCUT2D eigenvalue weighted by molar-refractivity contribution is 0.158. The molecule has 6 nitrogen and oxygen atoms in total. The molecule has 1 atom stereocenters. The molecule has 0 fully saturated rings. The molecule has 0 saturated heterocycles. The molecule has 0 radical (unpaired) electrons. The van der Waals surface area contributed by atoms with Crippen LogP contribution >= 0.6 is 15.9 Å². The summed E-state index contributed by atoms with van der Waals surface area (Å²) in [6.07, 6.45) is 0.273. The number of anilines is 1. The fraction of sp³-hybridized carbons (Fsp3) is 0.500. The molecule has 0 aromatic heterocycles. The molecular weight excluding hydrogens is 348 g/mol. The predicted molar refractivity (Wildman–Crippen MR) is 81.0 cm³/mol. The molecule has 0 saturated carbocycles. The lowest BCUT2D eigenvalue weighted by Crippen LogP contribution is -2.39. The summed E-state index contributed by atoms with van der Waals surface area (Å²) in [5.41, 5.74) is 6.66. The van der Waals surface area contributed by atoms with E-state index in [1.165, 1.54) is 13.2 Å². The third kappa shape index (κ3) is 4.42. The van der Waals surface area contributed by atoms with Crippen molar-refractivity contribution in [2.45, 2.75) is 24.3 Å². The van der Waals surface area contributed by atoms with Gasteiger partial charge in [-0.2, -0.15) is 0 Å². The van der Waals surface area contributed by atoms with Gasteiger partial charge in [0.1, 0.15) is 0 Å². The second kappa shape index (κ2) is 7.37. The van der Waals surface area contributed by atoms with Gasteiger partial charge in [0.2, 0.25) is 10.0 Å². The summed E-state index contributed by atoms with van der Waals surface area (Å²) < 4.78 is 32.8. The molecule has 20 heavy (non-hydrogen) atoms. The first-order valence-corrected chi connectivity index (χ1v) is 8.27. The van der Waals surface area contributed by atoms with Crippen molar-refractivity contribution in [2.75, 3.05) is 26.1 Å². The molecule has 1 aromatic carbocycles. The van der Waals surface area contributed by atoms with Gasteiger partial charge in [-0.3, -0.25) is 0 Å². The fourth-order valence-electron chi connectivity index (χ4n) is 1.77. The van der Waals surface area contributed by atoms with Crippen LogP contribution in [0.1, 0.15) is 12.0 Å². The van der Waals surface area contributed by atoms with Gasteiger partial charge < -0.3 is 15.6 Å². The van der Waals surface area contributed by atoms with Crippen molar-refractivity contribution < 1.29 is 18.3 Å². The van der Waals surface area contributed by atoms with E-state index >= 15 is 0 Å². The normalized spacial score (nSPS) is 13.4. The van der Waals surface area contributed by atoms with Crippen LogP contribution in [0.3, 0.4) is 0 Å². The van der Waals surface area contributed by atoms with E-state index in [4.69, 9.17) is 15.6 Å². The average molecular weight is 367 g/mol. The number of benzene rings is 1. The number of rotatable bonds is 7. The number of nitrogens with two attached hydrogens (primary N) is 1. The summed E-state index contributed by atoms with van der Waals surface area (Å²) in [4.78, 5) is 0.114. The van der Waals surface area contributed by atoms with E-state index in [1.807, 2.05) is 0 Å². The number of nitrogens with one attached hydrogen (secondary N) is 1. The monoisotopic (exact) mass is 366 g/mol. The summed E-state index contributed by atoms with van der Waals surface area (Å²) in [6.45, 7) is 1.70. The van der Waals surface area contributed by atoms with E-state index in [9.17, 15) is 8.42 Å². The maximum Gasteiger partial charge on any atom is 0.241 e. The Labute approximate surface area is 127 Å². The van der Waals surface area contributed by atoms with Crippen molar-refractivity contribution in [1.82, 2.24) is 4.72 Å². The number of nitrogen functional groups attached to an aromatic ring is 1. The molecule has 1 aromatic rings. The van der Waals surface area contributed by atoms with Gasteiger partial charge in [-0.05, 0) is 31.0 Å². The lowest BCUT2D eigenvalue weighted by atomic mass is 10.2.